The molecule has 0 saturated heterocycles. The van der Waals surface area contributed by atoms with Gasteiger partial charge in [-0.15, -0.1) is 11.3 Å². The van der Waals surface area contributed by atoms with Crippen LogP contribution in [0.1, 0.15) is 21.1 Å². The predicted molar refractivity (Wildman–Crippen MR) is 100 cm³/mol. The number of benzene rings is 2. The number of rotatable bonds is 7. The van der Waals surface area contributed by atoms with Gasteiger partial charge in [-0.25, -0.2) is 9.78 Å². The molecule has 0 aliphatic rings. The van der Waals surface area contributed by atoms with Crippen molar-refractivity contribution in [1.29, 1.82) is 0 Å². The standard InChI is InChI=1S/C19H16ClNO4S/c1-23-19(22)13-7-8-17(16(20)9-13)25-10-14-12-26-18(21-14)11-24-15-5-3-2-4-6-15/h2-9,12H,10-11H2,1H3. The van der Waals surface area contributed by atoms with Crippen LogP contribution in [0.5, 0.6) is 11.5 Å². The summed E-state index contributed by atoms with van der Waals surface area (Å²) in [4.78, 5) is 16.0. The highest BCUT2D eigenvalue weighted by atomic mass is 35.5. The van der Waals surface area contributed by atoms with Crippen LogP contribution in [-0.2, 0) is 18.0 Å². The minimum Gasteiger partial charge on any atom is -0.486 e. The lowest BCUT2D eigenvalue weighted by Crippen LogP contribution is -2.02. The quantitative estimate of drug-likeness (QED) is 0.546. The number of halogens is 1. The topological polar surface area (TPSA) is 57.7 Å². The van der Waals surface area contributed by atoms with Crippen molar-refractivity contribution in [3.63, 3.8) is 0 Å². The number of thiazole rings is 1. The predicted octanol–water partition coefficient (Wildman–Crippen LogP) is 4.74. The number of hydrogen-bond acceptors (Lipinski definition) is 6. The maximum absolute atomic E-state index is 11.5. The average molecular weight is 390 g/mol. The van der Waals surface area contributed by atoms with E-state index in [9.17, 15) is 4.79 Å². The van der Waals surface area contributed by atoms with Gasteiger partial charge in [0, 0.05) is 5.38 Å². The third-order valence-corrected chi connectivity index (χ3v) is 4.60. The normalized spacial score (nSPS) is 10.4. The van der Waals surface area contributed by atoms with Crippen molar-refractivity contribution >= 4 is 28.9 Å². The van der Waals surface area contributed by atoms with E-state index in [1.165, 1.54) is 24.5 Å². The van der Waals surface area contributed by atoms with E-state index in [4.69, 9.17) is 21.1 Å². The third kappa shape index (κ3) is 4.74. The van der Waals surface area contributed by atoms with Crippen LogP contribution >= 0.6 is 22.9 Å². The Balaban J connectivity index is 1.55. The molecular weight excluding hydrogens is 374 g/mol. The molecule has 0 fully saturated rings. The van der Waals surface area contributed by atoms with Gasteiger partial charge in [0.05, 0.1) is 23.4 Å². The van der Waals surface area contributed by atoms with E-state index in [1.54, 1.807) is 12.1 Å². The van der Waals surface area contributed by atoms with Gasteiger partial charge in [-0.05, 0) is 30.3 Å². The minimum atomic E-state index is -0.444. The molecule has 0 unspecified atom stereocenters. The number of carbonyl (C=O) groups is 1. The maximum Gasteiger partial charge on any atom is 0.337 e. The van der Waals surface area contributed by atoms with E-state index >= 15 is 0 Å². The molecule has 3 rings (SSSR count). The Morgan fingerprint density at radius 1 is 1.12 bits per heavy atom. The summed E-state index contributed by atoms with van der Waals surface area (Å²) in [5, 5.41) is 3.12. The number of ether oxygens (including phenoxy) is 3. The summed E-state index contributed by atoms with van der Waals surface area (Å²) < 4.78 is 16.0. The Morgan fingerprint density at radius 3 is 2.65 bits per heavy atom. The monoisotopic (exact) mass is 389 g/mol. The largest absolute Gasteiger partial charge is 0.486 e. The lowest BCUT2D eigenvalue weighted by molar-refractivity contribution is 0.0600. The Kier molecular flexibility index (Phi) is 6.09. The fourth-order valence-electron chi connectivity index (χ4n) is 2.16. The first-order chi connectivity index (χ1) is 12.7. The van der Waals surface area contributed by atoms with Gasteiger partial charge in [0.25, 0.3) is 0 Å². The number of para-hydroxylation sites is 1. The van der Waals surface area contributed by atoms with Crippen LogP contribution < -0.4 is 9.47 Å². The Bertz CT molecular complexity index is 882. The molecule has 0 bridgehead atoms. The van der Waals surface area contributed by atoms with Gasteiger partial charge in [0.2, 0.25) is 0 Å². The molecule has 0 radical (unpaired) electrons. The van der Waals surface area contributed by atoms with E-state index in [0.717, 1.165) is 16.5 Å². The Hall–Kier alpha value is -2.57. The first-order valence-corrected chi connectivity index (χ1v) is 9.03. The van der Waals surface area contributed by atoms with Gasteiger partial charge in [-0.1, -0.05) is 29.8 Å². The van der Waals surface area contributed by atoms with Gasteiger partial charge in [0.1, 0.15) is 29.7 Å². The molecule has 2 aromatic carbocycles. The zero-order chi connectivity index (χ0) is 18.4. The molecule has 0 atom stereocenters. The summed E-state index contributed by atoms with van der Waals surface area (Å²) >= 11 is 7.66. The summed E-state index contributed by atoms with van der Waals surface area (Å²) in [5.74, 6) is 0.841. The van der Waals surface area contributed by atoms with Crippen LogP contribution in [0.4, 0.5) is 0 Å². The van der Waals surface area contributed by atoms with Gasteiger partial charge < -0.3 is 14.2 Å². The van der Waals surface area contributed by atoms with Crippen molar-refractivity contribution in [3.05, 3.63) is 75.2 Å². The number of methoxy groups -OCH3 is 1. The van der Waals surface area contributed by atoms with Crippen LogP contribution in [-0.4, -0.2) is 18.1 Å². The summed E-state index contributed by atoms with van der Waals surface area (Å²) in [5.41, 5.74) is 1.16. The molecule has 7 heteroatoms. The molecule has 0 N–H and O–H groups in total. The average Bonchev–Trinajstić information content (AvgIpc) is 3.13. The molecule has 134 valence electrons. The molecule has 3 aromatic rings. The molecule has 1 heterocycles. The number of esters is 1. The first-order valence-electron chi connectivity index (χ1n) is 7.77. The Morgan fingerprint density at radius 2 is 1.92 bits per heavy atom. The highest BCUT2D eigenvalue weighted by Gasteiger charge is 2.10. The van der Waals surface area contributed by atoms with Crippen LogP contribution in [0.2, 0.25) is 5.02 Å². The van der Waals surface area contributed by atoms with E-state index < -0.39 is 5.97 Å². The van der Waals surface area contributed by atoms with Gasteiger partial charge in [0.15, 0.2) is 0 Å². The molecule has 0 spiro atoms. The van der Waals surface area contributed by atoms with Gasteiger partial charge in [-0.3, -0.25) is 0 Å². The number of aromatic nitrogens is 1. The summed E-state index contributed by atoms with van der Waals surface area (Å²) in [6.45, 7) is 0.683. The highest BCUT2D eigenvalue weighted by molar-refractivity contribution is 7.09. The summed E-state index contributed by atoms with van der Waals surface area (Å²) in [7, 11) is 1.32. The first kappa shape index (κ1) is 18.2. The Labute approximate surface area is 160 Å². The lowest BCUT2D eigenvalue weighted by atomic mass is 10.2. The zero-order valence-electron chi connectivity index (χ0n) is 14.0. The smallest absolute Gasteiger partial charge is 0.337 e. The fraction of sp³-hybridized carbons (Fsp3) is 0.158. The van der Waals surface area contributed by atoms with Crippen molar-refractivity contribution in [2.75, 3.05) is 7.11 Å². The molecule has 0 amide bonds. The van der Waals surface area contributed by atoms with Crippen LogP contribution in [0.25, 0.3) is 0 Å². The molecule has 1 aromatic heterocycles. The molecule has 5 nitrogen and oxygen atoms in total. The molecule has 0 saturated carbocycles. The number of carbonyl (C=O) groups excluding carboxylic acids is 1. The van der Waals surface area contributed by atoms with E-state index in [0.29, 0.717) is 22.9 Å². The minimum absolute atomic E-state index is 0.277. The number of nitrogens with zero attached hydrogens (tertiary/aromatic N) is 1. The van der Waals surface area contributed by atoms with Gasteiger partial charge >= 0.3 is 5.97 Å². The van der Waals surface area contributed by atoms with Crippen LogP contribution in [0.15, 0.2) is 53.9 Å². The van der Waals surface area contributed by atoms with E-state index in [-0.39, 0.29) is 6.61 Å². The second-order valence-electron chi connectivity index (χ2n) is 5.26. The lowest BCUT2D eigenvalue weighted by Gasteiger charge is -2.08. The van der Waals surface area contributed by atoms with Gasteiger partial charge in [-0.2, -0.15) is 0 Å². The maximum atomic E-state index is 11.5. The van der Waals surface area contributed by atoms with E-state index in [2.05, 4.69) is 9.72 Å². The highest BCUT2D eigenvalue weighted by Crippen LogP contribution is 2.27. The van der Waals surface area contributed by atoms with E-state index in [1.807, 2.05) is 35.7 Å². The van der Waals surface area contributed by atoms with Crippen molar-refractivity contribution in [2.24, 2.45) is 0 Å². The molecule has 0 aliphatic carbocycles. The number of hydrogen-bond donors (Lipinski definition) is 0. The second kappa shape index (κ2) is 8.69. The van der Waals surface area contributed by atoms with Crippen molar-refractivity contribution in [1.82, 2.24) is 4.98 Å². The van der Waals surface area contributed by atoms with Crippen molar-refractivity contribution < 1.29 is 19.0 Å². The van der Waals surface area contributed by atoms with Crippen LogP contribution in [0, 0.1) is 0 Å². The summed E-state index contributed by atoms with van der Waals surface area (Å²) in [6, 6.07) is 14.3. The molecule has 0 aliphatic heterocycles. The molecular formula is C19H16ClNO4S. The second-order valence-corrected chi connectivity index (χ2v) is 6.61. The SMILES string of the molecule is COC(=O)c1ccc(OCc2csc(COc3ccccc3)n2)c(Cl)c1. The zero-order valence-corrected chi connectivity index (χ0v) is 15.5. The van der Waals surface area contributed by atoms with Crippen molar-refractivity contribution in [3.8, 4) is 11.5 Å². The van der Waals surface area contributed by atoms with Crippen molar-refractivity contribution in [2.45, 2.75) is 13.2 Å². The fourth-order valence-corrected chi connectivity index (χ4v) is 3.08. The van der Waals surface area contributed by atoms with Crippen LogP contribution in [0.3, 0.4) is 0 Å². The third-order valence-electron chi connectivity index (χ3n) is 3.43. The summed E-state index contributed by atoms with van der Waals surface area (Å²) in [6.07, 6.45) is 0. The molecule has 26 heavy (non-hydrogen) atoms.